The van der Waals surface area contributed by atoms with Crippen molar-refractivity contribution in [2.45, 2.75) is 6.92 Å². The second-order valence-corrected chi connectivity index (χ2v) is 1.64. The van der Waals surface area contributed by atoms with E-state index in [1.165, 1.54) is 6.20 Å². The van der Waals surface area contributed by atoms with Crippen LogP contribution in [-0.2, 0) is 0 Å². The summed E-state index contributed by atoms with van der Waals surface area (Å²) in [5, 5.41) is 3.71. The van der Waals surface area contributed by atoms with Crippen molar-refractivity contribution in [1.82, 2.24) is 5.43 Å². The highest BCUT2D eigenvalue weighted by Gasteiger charge is 1.92. The molecule has 0 radical (unpaired) electrons. The number of hydrogen-bond donors (Lipinski definition) is 2. The van der Waals surface area contributed by atoms with E-state index >= 15 is 0 Å². The lowest BCUT2D eigenvalue weighted by atomic mass is 10.4. The zero-order valence-corrected chi connectivity index (χ0v) is 6.26. The lowest BCUT2D eigenvalue weighted by Crippen LogP contribution is -2.23. The Morgan fingerprint density at radius 2 is 2.30 bits per heavy atom. The van der Waals surface area contributed by atoms with E-state index in [1.54, 1.807) is 14.0 Å². The maximum atomic E-state index is 5.42. The predicted octanol–water partition coefficient (Wildman–Crippen LogP) is 0.0824. The van der Waals surface area contributed by atoms with E-state index in [1.807, 2.05) is 0 Å². The molecule has 0 aromatic rings. The molecular formula is C6H12N4. The monoisotopic (exact) mass is 140 g/mol. The van der Waals surface area contributed by atoms with Gasteiger partial charge in [-0.3, -0.25) is 10.4 Å². The summed E-state index contributed by atoms with van der Waals surface area (Å²) in [6.07, 6.45) is 1.44. The maximum absolute atomic E-state index is 5.42. The van der Waals surface area contributed by atoms with E-state index in [0.717, 1.165) is 0 Å². The van der Waals surface area contributed by atoms with Gasteiger partial charge in [0.15, 0.2) is 5.84 Å². The molecule has 0 heterocycles. The molecular weight excluding hydrogens is 128 g/mol. The second kappa shape index (κ2) is 4.55. The van der Waals surface area contributed by atoms with Gasteiger partial charge in [-0.15, -0.1) is 0 Å². The molecule has 0 aliphatic carbocycles. The molecule has 0 bridgehead atoms. The minimum absolute atomic E-state index is 0.377. The highest BCUT2D eigenvalue weighted by atomic mass is 15.3. The Labute approximate surface area is 60.5 Å². The highest BCUT2D eigenvalue weighted by molar-refractivity contribution is 6.39. The average molecular weight is 140 g/mol. The minimum Gasteiger partial charge on any atom is -0.381 e. The number of hydrazone groups is 1. The van der Waals surface area contributed by atoms with Gasteiger partial charge in [-0.2, -0.15) is 5.10 Å². The molecule has 0 unspecified atom stereocenters. The molecule has 0 rings (SSSR count). The first-order valence-corrected chi connectivity index (χ1v) is 2.85. The van der Waals surface area contributed by atoms with Crippen LogP contribution in [0.15, 0.2) is 22.9 Å². The third-order valence-corrected chi connectivity index (χ3v) is 0.982. The average Bonchev–Trinajstić information content (AvgIpc) is 1.98. The van der Waals surface area contributed by atoms with Crippen molar-refractivity contribution in [2.75, 3.05) is 7.05 Å². The molecule has 0 saturated heterocycles. The largest absolute Gasteiger partial charge is 0.381 e. The Bertz CT molecular complexity index is 169. The fourth-order valence-electron chi connectivity index (χ4n) is 0.311. The SMILES string of the molecule is C=CNN=C(N)C(C)=NC. The van der Waals surface area contributed by atoms with Crippen LogP contribution in [0, 0.1) is 0 Å². The zero-order valence-electron chi connectivity index (χ0n) is 6.26. The number of hydrogen-bond acceptors (Lipinski definition) is 3. The normalized spacial score (nSPS) is 13.0. The molecule has 56 valence electrons. The number of aliphatic imine (C=N–C) groups is 1. The topological polar surface area (TPSA) is 62.8 Å². The van der Waals surface area contributed by atoms with Crippen LogP contribution in [0.1, 0.15) is 6.92 Å². The van der Waals surface area contributed by atoms with E-state index in [2.05, 4.69) is 22.1 Å². The van der Waals surface area contributed by atoms with Crippen LogP contribution in [0.25, 0.3) is 0 Å². The first kappa shape index (κ1) is 8.68. The first-order chi connectivity index (χ1) is 4.72. The lowest BCUT2D eigenvalue weighted by Gasteiger charge is -1.96. The molecule has 4 heteroatoms. The van der Waals surface area contributed by atoms with Crippen molar-refractivity contribution in [3.63, 3.8) is 0 Å². The van der Waals surface area contributed by atoms with Crippen LogP contribution in [-0.4, -0.2) is 18.6 Å². The van der Waals surface area contributed by atoms with Crippen molar-refractivity contribution in [3.8, 4) is 0 Å². The number of nitrogens with one attached hydrogen (secondary N) is 1. The molecule has 3 N–H and O–H groups in total. The lowest BCUT2D eigenvalue weighted by molar-refractivity contribution is 0.970. The van der Waals surface area contributed by atoms with Crippen molar-refractivity contribution in [3.05, 3.63) is 12.8 Å². The number of rotatable bonds is 3. The van der Waals surface area contributed by atoms with Gasteiger partial charge in [-0.1, -0.05) is 6.58 Å². The van der Waals surface area contributed by atoms with Gasteiger partial charge in [0.2, 0.25) is 0 Å². The summed E-state index contributed by atoms with van der Waals surface area (Å²) in [5.41, 5.74) is 8.64. The van der Waals surface area contributed by atoms with Crippen LogP contribution in [0.5, 0.6) is 0 Å². The smallest absolute Gasteiger partial charge is 0.164 e. The molecule has 0 aromatic heterocycles. The number of nitrogens with two attached hydrogens (primary N) is 1. The summed E-state index contributed by atoms with van der Waals surface area (Å²) >= 11 is 0. The molecule has 4 nitrogen and oxygen atoms in total. The minimum atomic E-state index is 0.377. The number of amidine groups is 1. The molecule has 0 aliphatic heterocycles. The Kier molecular flexibility index (Phi) is 3.95. The molecule has 0 aromatic carbocycles. The van der Waals surface area contributed by atoms with Gasteiger partial charge < -0.3 is 5.73 Å². The van der Waals surface area contributed by atoms with Gasteiger partial charge in [0, 0.05) is 13.2 Å². The molecule has 0 amide bonds. The van der Waals surface area contributed by atoms with Crippen LogP contribution < -0.4 is 11.2 Å². The third kappa shape index (κ3) is 2.86. The third-order valence-electron chi connectivity index (χ3n) is 0.982. The van der Waals surface area contributed by atoms with Crippen molar-refractivity contribution in [1.29, 1.82) is 0 Å². The summed E-state index contributed by atoms with van der Waals surface area (Å²) < 4.78 is 0. The van der Waals surface area contributed by atoms with Gasteiger partial charge in [-0.25, -0.2) is 0 Å². The first-order valence-electron chi connectivity index (χ1n) is 2.85. The Balaban J connectivity index is 4.05. The van der Waals surface area contributed by atoms with Crippen LogP contribution >= 0.6 is 0 Å². The Hall–Kier alpha value is -1.32. The van der Waals surface area contributed by atoms with Crippen LogP contribution in [0.3, 0.4) is 0 Å². The summed E-state index contributed by atoms with van der Waals surface area (Å²) in [4.78, 5) is 3.83. The van der Waals surface area contributed by atoms with E-state index in [-0.39, 0.29) is 0 Å². The van der Waals surface area contributed by atoms with Gasteiger partial charge in [0.05, 0.1) is 5.71 Å². The van der Waals surface area contributed by atoms with Crippen LogP contribution in [0.4, 0.5) is 0 Å². The van der Waals surface area contributed by atoms with E-state index in [4.69, 9.17) is 5.73 Å². The number of nitrogens with zero attached hydrogens (tertiary/aromatic N) is 2. The van der Waals surface area contributed by atoms with E-state index in [0.29, 0.717) is 11.5 Å². The van der Waals surface area contributed by atoms with E-state index < -0.39 is 0 Å². The second-order valence-electron chi connectivity index (χ2n) is 1.64. The molecule has 10 heavy (non-hydrogen) atoms. The van der Waals surface area contributed by atoms with E-state index in [9.17, 15) is 0 Å². The predicted molar refractivity (Wildman–Crippen MR) is 44.0 cm³/mol. The standard InChI is InChI=1S/C6H12N4/c1-4-9-10-6(7)5(2)8-3/h4,9H,1H2,2-3H3,(H2,7,10). The van der Waals surface area contributed by atoms with Gasteiger partial charge >= 0.3 is 0 Å². The summed E-state index contributed by atoms with van der Waals surface area (Å²) in [6.45, 7) is 5.19. The fraction of sp³-hybridized carbons (Fsp3) is 0.333. The Morgan fingerprint density at radius 1 is 1.70 bits per heavy atom. The van der Waals surface area contributed by atoms with Crippen molar-refractivity contribution < 1.29 is 0 Å². The molecule has 0 spiro atoms. The van der Waals surface area contributed by atoms with Gasteiger partial charge in [-0.05, 0) is 6.92 Å². The molecule has 0 aliphatic rings. The molecule has 0 saturated carbocycles. The molecule has 0 atom stereocenters. The zero-order chi connectivity index (χ0) is 7.98. The Morgan fingerprint density at radius 3 is 2.70 bits per heavy atom. The highest BCUT2D eigenvalue weighted by Crippen LogP contribution is 1.74. The van der Waals surface area contributed by atoms with Crippen molar-refractivity contribution >= 4 is 11.5 Å². The van der Waals surface area contributed by atoms with Gasteiger partial charge in [0.1, 0.15) is 0 Å². The fourth-order valence-corrected chi connectivity index (χ4v) is 0.311. The quantitative estimate of drug-likeness (QED) is 0.331. The summed E-state index contributed by atoms with van der Waals surface area (Å²) in [5.74, 6) is 0.377. The summed E-state index contributed by atoms with van der Waals surface area (Å²) in [7, 11) is 1.66. The summed E-state index contributed by atoms with van der Waals surface area (Å²) in [6, 6.07) is 0. The maximum Gasteiger partial charge on any atom is 0.164 e. The van der Waals surface area contributed by atoms with Crippen LogP contribution in [0.2, 0.25) is 0 Å². The van der Waals surface area contributed by atoms with Crippen molar-refractivity contribution in [2.24, 2.45) is 15.8 Å². The van der Waals surface area contributed by atoms with Gasteiger partial charge in [0.25, 0.3) is 0 Å². The molecule has 0 fully saturated rings.